The lowest BCUT2D eigenvalue weighted by molar-refractivity contribution is 0.441. The third kappa shape index (κ3) is 4.60. The van der Waals surface area contributed by atoms with Gasteiger partial charge < -0.3 is 15.1 Å². The molecule has 5 nitrogen and oxygen atoms in total. The number of aliphatic imine (C=N–C) groups is 1. The molecule has 1 unspecified atom stereocenters. The minimum absolute atomic E-state index is 0.0759. The van der Waals surface area contributed by atoms with Crippen LogP contribution in [0.5, 0.6) is 0 Å². The largest absolute Gasteiger partial charge is 0.464 e. The summed E-state index contributed by atoms with van der Waals surface area (Å²) in [5, 5.41) is 7.76. The average molecular weight is 306 g/mol. The predicted molar refractivity (Wildman–Crippen MR) is 86.9 cm³/mol. The number of aryl methyl sites for hydroxylation is 2. The highest BCUT2D eigenvalue weighted by Gasteiger charge is 2.11. The van der Waals surface area contributed by atoms with Crippen molar-refractivity contribution in [2.75, 3.05) is 13.6 Å². The highest BCUT2D eigenvalue weighted by atomic mass is 32.1. The van der Waals surface area contributed by atoms with Crippen LogP contribution in [0.3, 0.4) is 0 Å². The summed E-state index contributed by atoms with van der Waals surface area (Å²) >= 11 is 1.73. The van der Waals surface area contributed by atoms with E-state index in [-0.39, 0.29) is 6.04 Å². The second kappa shape index (κ2) is 7.26. The van der Waals surface area contributed by atoms with Crippen molar-refractivity contribution in [2.45, 2.75) is 33.2 Å². The molecule has 2 aromatic heterocycles. The Hall–Kier alpha value is -1.82. The Kier molecular flexibility index (Phi) is 5.38. The van der Waals surface area contributed by atoms with Crippen LogP contribution >= 0.6 is 11.3 Å². The van der Waals surface area contributed by atoms with Gasteiger partial charge in [-0.25, -0.2) is 4.98 Å². The number of guanidine groups is 1. The fourth-order valence-corrected chi connectivity index (χ4v) is 2.75. The van der Waals surface area contributed by atoms with Gasteiger partial charge in [-0.3, -0.25) is 4.99 Å². The Morgan fingerprint density at radius 1 is 1.43 bits per heavy atom. The number of rotatable bonds is 5. The van der Waals surface area contributed by atoms with Crippen LogP contribution in [0.25, 0.3) is 0 Å². The molecule has 0 spiro atoms. The van der Waals surface area contributed by atoms with Crippen LogP contribution in [0.15, 0.2) is 27.7 Å². The molecular formula is C15H22N4OS. The first-order valence-electron chi connectivity index (χ1n) is 7.03. The molecule has 0 aliphatic carbocycles. The van der Waals surface area contributed by atoms with Crippen LogP contribution in [0, 0.1) is 13.8 Å². The maximum atomic E-state index is 5.61. The third-order valence-electron chi connectivity index (χ3n) is 3.07. The molecule has 114 valence electrons. The third-order valence-corrected chi connectivity index (χ3v) is 4.04. The lowest BCUT2D eigenvalue weighted by Crippen LogP contribution is -2.39. The van der Waals surface area contributed by atoms with E-state index in [1.807, 2.05) is 25.3 Å². The molecule has 6 heteroatoms. The van der Waals surface area contributed by atoms with Crippen LogP contribution in [0.4, 0.5) is 0 Å². The predicted octanol–water partition coefficient (Wildman–Crippen LogP) is 2.82. The Morgan fingerprint density at radius 3 is 2.81 bits per heavy atom. The topological polar surface area (TPSA) is 62.5 Å². The molecule has 0 aliphatic heterocycles. The molecule has 0 aromatic carbocycles. The molecule has 21 heavy (non-hydrogen) atoms. The first-order chi connectivity index (χ1) is 10.1. The van der Waals surface area contributed by atoms with Crippen LogP contribution in [-0.4, -0.2) is 24.5 Å². The standard InChI is InChI=1S/C15H22N4OS/c1-10-5-6-13(20-10)12(3)19-15(16-4)17-8-7-14-18-9-11(2)21-14/h5-6,9,12H,7-8H2,1-4H3,(H2,16,17,19). The van der Waals surface area contributed by atoms with Gasteiger partial charge >= 0.3 is 0 Å². The summed E-state index contributed by atoms with van der Waals surface area (Å²) in [7, 11) is 1.77. The summed E-state index contributed by atoms with van der Waals surface area (Å²) in [4.78, 5) is 9.83. The van der Waals surface area contributed by atoms with Crippen molar-refractivity contribution in [3.8, 4) is 0 Å². The highest BCUT2D eigenvalue weighted by molar-refractivity contribution is 7.11. The second-order valence-corrected chi connectivity index (χ2v) is 6.25. The van der Waals surface area contributed by atoms with Crippen molar-refractivity contribution in [2.24, 2.45) is 4.99 Å². The molecular weight excluding hydrogens is 284 g/mol. The molecule has 0 bridgehead atoms. The van der Waals surface area contributed by atoms with E-state index in [0.717, 1.165) is 35.5 Å². The molecule has 2 rings (SSSR count). The van der Waals surface area contributed by atoms with E-state index in [0.29, 0.717) is 0 Å². The molecule has 0 amide bonds. The minimum Gasteiger partial charge on any atom is -0.464 e. The van der Waals surface area contributed by atoms with E-state index in [2.05, 4.69) is 34.5 Å². The SMILES string of the molecule is CN=C(NCCc1ncc(C)s1)NC(C)c1ccc(C)o1. The Labute approximate surface area is 129 Å². The number of furan rings is 1. The smallest absolute Gasteiger partial charge is 0.191 e. The average Bonchev–Trinajstić information content (AvgIpc) is 3.06. The summed E-state index contributed by atoms with van der Waals surface area (Å²) in [5.74, 6) is 2.59. The maximum Gasteiger partial charge on any atom is 0.191 e. The molecule has 0 saturated carbocycles. The summed E-state index contributed by atoms with van der Waals surface area (Å²) in [6.45, 7) is 6.87. The number of hydrogen-bond donors (Lipinski definition) is 2. The van der Waals surface area contributed by atoms with Crippen molar-refractivity contribution >= 4 is 17.3 Å². The lowest BCUT2D eigenvalue weighted by Gasteiger charge is -2.16. The Morgan fingerprint density at radius 2 is 2.24 bits per heavy atom. The second-order valence-electron chi connectivity index (χ2n) is 4.93. The van der Waals surface area contributed by atoms with Gasteiger partial charge in [0.25, 0.3) is 0 Å². The van der Waals surface area contributed by atoms with Gasteiger partial charge in [0.15, 0.2) is 5.96 Å². The summed E-state index contributed by atoms with van der Waals surface area (Å²) < 4.78 is 5.61. The van der Waals surface area contributed by atoms with Gasteiger partial charge in [0, 0.05) is 31.1 Å². The van der Waals surface area contributed by atoms with E-state index >= 15 is 0 Å². The summed E-state index contributed by atoms with van der Waals surface area (Å²) in [6, 6.07) is 4.03. The minimum atomic E-state index is 0.0759. The van der Waals surface area contributed by atoms with Crippen molar-refractivity contribution in [1.82, 2.24) is 15.6 Å². The lowest BCUT2D eigenvalue weighted by atomic mass is 10.2. The zero-order valence-electron chi connectivity index (χ0n) is 12.9. The van der Waals surface area contributed by atoms with E-state index in [9.17, 15) is 0 Å². The number of nitrogens with zero attached hydrogens (tertiary/aromatic N) is 2. The monoisotopic (exact) mass is 306 g/mol. The van der Waals surface area contributed by atoms with Crippen LogP contribution in [-0.2, 0) is 6.42 Å². The Balaban J connectivity index is 1.80. The van der Waals surface area contributed by atoms with Gasteiger partial charge in [-0.15, -0.1) is 11.3 Å². The molecule has 2 N–H and O–H groups in total. The first-order valence-corrected chi connectivity index (χ1v) is 7.85. The molecule has 2 aromatic rings. The normalized spacial score (nSPS) is 13.2. The fourth-order valence-electron chi connectivity index (χ4n) is 1.96. The molecule has 0 fully saturated rings. The van der Waals surface area contributed by atoms with Crippen molar-refractivity contribution in [3.63, 3.8) is 0 Å². The van der Waals surface area contributed by atoms with Crippen molar-refractivity contribution < 1.29 is 4.42 Å². The number of nitrogens with one attached hydrogen (secondary N) is 2. The van der Waals surface area contributed by atoms with Crippen LogP contribution in [0.1, 0.15) is 34.4 Å². The van der Waals surface area contributed by atoms with Crippen molar-refractivity contribution in [3.05, 3.63) is 39.7 Å². The summed E-state index contributed by atoms with van der Waals surface area (Å²) in [5.41, 5.74) is 0. The van der Waals surface area contributed by atoms with E-state index < -0.39 is 0 Å². The van der Waals surface area contributed by atoms with E-state index in [1.165, 1.54) is 4.88 Å². The van der Waals surface area contributed by atoms with Gasteiger partial charge in [0.2, 0.25) is 0 Å². The molecule has 0 radical (unpaired) electrons. The summed E-state index contributed by atoms with van der Waals surface area (Å²) in [6.07, 6.45) is 2.81. The van der Waals surface area contributed by atoms with Crippen LogP contribution < -0.4 is 10.6 Å². The van der Waals surface area contributed by atoms with E-state index in [4.69, 9.17) is 4.42 Å². The zero-order valence-corrected chi connectivity index (χ0v) is 13.8. The van der Waals surface area contributed by atoms with E-state index in [1.54, 1.807) is 18.4 Å². The van der Waals surface area contributed by atoms with Crippen molar-refractivity contribution in [1.29, 1.82) is 0 Å². The highest BCUT2D eigenvalue weighted by Crippen LogP contribution is 2.15. The zero-order chi connectivity index (χ0) is 15.2. The van der Waals surface area contributed by atoms with Gasteiger partial charge in [0.1, 0.15) is 11.5 Å². The van der Waals surface area contributed by atoms with Gasteiger partial charge in [0.05, 0.1) is 11.0 Å². The van der Waals surface area contributed by atoms with Crippen LogP contribution in [0.2, 0.25) is 0 Å². The number of aromatic nitrogens is 1. The Bertz CT molecular complexity index is 602. The molecule has 1 atom stereocenters. The molecule has 0 saturated heterocycles. The van der Waals surface area contributed by atoms with Gasteiger partial charge in [-0.1, -0.05) is 0 Å². The number of hydrogen-bond acceptors (Lipinski definition) is 4. The molecule has 0 aliphatic rings. The quantitative estimate of drug-likeness (QED) is 0.658. The first kappa shape index (κ1) is 15.6. The van der Waals surface area contributed by atoms with Gasteiger partial charge in [-0.05, 0) is 32.9 Å². The maximum absolute atomic E-state index is 5.61. The van der Waals surface area contributed by atoms with Gasteiger partial charge in [-0.2, -0.15) is 0 Å². The number of thiazole rings is 1. The fraction of sp³-hybridized carbons (Fsp3) is 0.467. The molecule has 2 heterocycles.